The number of nitrogens with one attached hydrogen (secondary N) is 1. The molecule has 4 heteroatoms. The summed E-state index contributed by atoms with van der Waals surface area (Å²) in [5.74, 6) is -3.61. The Morgan fingerprint density at radius 3 is 2.19 bits per heavy atom. The summed E-state index contributed by atoms with van der Waals surface area (Å²) in [4.78, 5) is 0. The highest BCUT2D eigenvalue weighted by Gasteiger charge is 2.35. The molecule has 1 aromatic carbocycles. The summed E-state index contributed by atoms with van der Waals surface area (Å²) in [6.07, 6.45) is 0.803. The molecule has 1 N–H and O–H groups in total. The largest absolute Gasteiger partial charge is 0.311 e. The van der Waals surface area contributed by atoms with E-state index in [2.05, 4.69) is 5.32 Å². The van der Waals surface area contributed by atoms with E-state index >= 15 is 0 Å². The lowest BCUT2D eigenvalue weighted by Crippen LogP contribution is -2.36. The van der Waals surface area contributed by atoms with Crippen molar-refractivity contribution in [2.45, 2.75) is 31.7 Å². The van der Waals surface area contributed by atoms with Crippen LogP contribution in [0.2, 0.25) is 0 Å². The summed E-state index contributed by atoms with van der Waals surface area (Å²) in [6, 6.07) is 2.19. The summed E-state index contributed by atoms with van der Waals surface area (Å²) in [7, 11) is 0. The summed E-state index contributed by atoms with van der Waals surface area (Å²) >= 11 is 0. The third kappa shape index (κ3) is 1.82. The summed E-state index contributed by atoms with van der Waals surface area (Å²) < 4.78 is 39.0. The fourth-order valence-electron chi connectivity index (χ4n) is 2.38. The number of hydrogen-bond acceptors (Lipinski definition) is 1. The molecule has 0 amide bonds. The van der Waals surface area contributed by atoms with E-state index in [4.69, 9.17) is 0 Å². The summed E-state index contributed by atoms with van der Waals surface area (Å²) in [5.41, 5.74) is 0.308. The van der Waals surface area contributed by atoms with Gasteiger partial charge in [-0.15, -0.1) is 0 Å². The van der Waals surface area contributed by atoms with E-state index in [1.165, 1.54) is 0 Å². The van der Waals surface area contributed by atoms with Crippen LogP contribution in [0.3, 0.4) is 0 Å². The van der Waals surface area contributed by atoms with Crippen LogP contribution in [-0.2, 0) is 0 Å². The van der Waals surface area contributed by atoms with E-state index < -0.39 is 17.5 Å². The maximum Gasteiger partial charge on any atom is 0.194 e. The first kappa shape index (κ1) is 11.5. The van der Waals surface area contributed by atoms with Gasteiger partial charge in [-0.2, -0.15) is 0 Å². The van der Waals surface area contributed by atoms with Gasteiger partial charge in [0.05, 0.1) is 0 Å². The lowest BCUT2D eigenvalue weighted by Gasteiger charge is -2.27. The van der Waals surface area contributed by atoms with Gasteiger partial charge in [0, 0.05) is 11.5 Å². The average Bonchev–Trinajstić information content (AvgIpc) is 2.53. The monoisotopic (exact) mass is 229 g/mol. The minimum absolute atomic E-state index is 0.0112. The smallest absolute Gasteiger partial charge is 0.194 e. The lowest BCUT2D eigenvalue weighted by atomic mass is 9.83. The second kappa shape index (κ2) is 3.77. The van der Waals surface area contributed by atoms with Crippen molar-refractivity contribution in [3.8, 4) is 0 Å². The first-order valence-corrected chi connectivity index (χ1v) is 5.31. The molecular weight excluding hydrogens is 215 g/mol. The van der Waals surface area contributed by atoms with Crippen LogP contribution in [0.25, 0.3) is 0 Å². The molecule has 0 bridgehead atoms. The van der Waals surface area contributed by atoms with E-state index in [0.717, 1.165) is 25.1 Å². The Morgan fingerprint density at radius 1 is 1.19 bits per heavy atom. The van der Waals surface area contributed by atoms with Crippen LogP contribution >= 0.6 is 0 Å². The second-order valence-corrected chi connectivity index (χ2v) is 4.79. The number of benzene rings is 1. The number of rotatable bonds is 1. The van der Waals surface area contributed by atoms with Gasteiger partial charge in [-0.3, -0.25) is 0 Å². The van der Waals surface area contributed by atoms with Gasteiger partial charge in [-0.05, 0) is 44.5 Å². The Balaban J connectivity index is 2.41. The molecule has 1 nitrogen and oxygen atoms in total. The molecule has 0 radical (unpaired) electrons. The zero-order valence-corrected chi connectivity index (χ0v) is 9.28. The Labute approximate surface area is 92.7 Å². The Morgan fingerprint density at radius 2 is 1.75 bits per heavy atom. The molecule has 1 aromatic rings. The number of halogens is 3. The first-order chi connectivity index (χ1) is 7.42. The van der Waals surface area contributed by atoms with E-state index in [1.54, 1.807) is 0 Å². The molecule has 0 spiro atoms. The topological polar surface area (TPSA) is 12.0 Å². The highest BCUT2D eigenvalue weighted by Crippen LogP contribution is 2.36. The van der Waals surface area contributed by atoms with Gasteiger partial charge in [0.15, 0.2) is 17.5 Å². The van der Waals surface area contributed by atoms with Crippen LogP contribution in [0, 0.1) is 17.5 Å². The maximum absolute atomic E-state index is 13.1. The molecule has 0 aliphatic carbocycles. The standard InChI is InChI=1S/C12H14F3N/c1-12(2)8(3-4-16-12)7-5-9(13)11(15)10(14)6-7/h5-6,8,16H,3-4H2,1-2H3. The summed E-state index contributed by atoms with van der Waals surface area (Å²) in [6.45, 7) is 4.76. The van der Waals surface area contributed by atoms with Crippen LogP contribution in [0.4, 0.5) is 13.2 Å². The van der Waals surface area contributed by atoms with Gasteiger partial charge in [0.1, 0.15) is 0 Å². The first-order valence-electron chi connectivity index (χ1n) is 5.31. The molecular formula is C12H14F3N. The van der Waals surface area contributed by atoms with Crippen LogP contribution in [-0.4, -0.2) is 12.1 Å². The van der Waals surface area contributed by atoms with Crippen molar-refractivity contribution in [3.05, 3.63) is 35.1 Å². The molecule has 1 aliphatic rings. The van der Waals surface area contributed by atoms with Gasteiger partial charge < -0.3 is 5.32 Å². The number of hydrogen-bond donors (Lipinski definition) is 1. The Kier molecular flexibility index (Phi) is 2.70. The molecule has 1 aliphatic heterocycles. The van der Waals surface area contributed by atoms with Gasteiger partial charge >= 0.3 is 0 Å². The minimum atomic E-state index is -1.40. The van der Waals surface area contributed by atoms with E-state index in [-0.39, 0.29) is 11.5 Å². The van der Waals surface area contributed by atoms with Crippen LogP contribution in [0.5, 0.6) is 0 Å². The van der Waals surface area contributed by atoms with E-state index in [1.807, 2.05) is 13.8 Å². The fraction of sp³-hybridized carbons (Fsp3) is 0.500. The van der Waals surface area contributed by atoms with E-state index in [9.17, 15) is 13.2 Å². The van der Waals surface area contributed by atoms with Crippen LogP contribution < -0.4 is 5.32 Å². The van der Waals surface area contributed by atoms with Gasteiger partial charge in [0.2, 0.25) is 0 Å². The highest BCUT2D eigenvalue weighted by atomic mass is 19.2. The molecule has 1 atom stereocenters. The van der Waals surface area contributed by atoms with Crippen molar-refractivity contribution in [2.75, 3.05) is 6.54 Å². The van der Waals surface area contributed by atoms with Crippen molar-refractivity contribution in [2.24, 2.45) is 0 Å². The molecule has 88 valence electrons. The van der Waals surface area contributed by atoms with Crippen molar-refractivity contribution >= 4 is 0 Å². The molecule has 0 saturated carbocycles. The predicted molar refractivity (Wildman–Crippen MR) is 55.8 cm³/mol. The third-order valence-electron chi connectivity index (χ3n) is 3.29. The zero-order valence-electron chi connectivity index (χ0n) is 9.28. The van der Waals surface area contributed by atoms with Crippen LogP contribution in [0.15, 0.2) is 12.1 Å². The van der Waals surface area contributed by atoms with Gasteiger partial charge in [0.25, 0.3) is 0 Å². The molecule has 1 fully saturated rings. The Hall–Kier alpha value is -1.03. The van der Waals surface area contributed by atoms with E-state index in [0.29, 0.717) is 5.56 Å². The summed E-state index contributed by atoms with van der Waals surface area (Å²) in [5, 5.41) is 3.26. The SMILES string of the molecule is CC1(C)NCCC1c1cc(F)c(F)c(F)c1. The fourth-order valence-corrected chi connectivity index (χ4v) is 2.38. The van der Waals surface area contributed by atoms with Crippen molar-refractivity contribution in [3.63, 3.8) is 0 Å². The highest BCUT2D eigenvalue weighted by molar-refractivity contribution is 5.27. The molecule has 2 rings (SSSR count). The van der Waals surface area contributed by atoms with Crippen molar-refractivity contribution in [1.82, 2.24) is 5.32 Å². The maximum atomic E-state index is 13.1. The molecule has 1 heterocycles. The zero-order chi connectivity index (χ0) is 11.9. The van der Waals surface area contributed by atoms with Gasteiger partial charge in [-0.1, -0.05) is 0 Å². The van der Waals surface area contributed by atoms with Crippen molar-refractivity contribution < 1.29 is 13.2 Å². The van der Waals surface area contributed by atoms with Crippen LogP contribution in [0.1, 0.15) is 31.7 Å². The quantitative estimate of drug-likeness (QED) is 0.730. The minimum Gasteiger partial charge on any atom is -0.311 e. The van der Waals surface area contributed by atoms with Crippen molar-refractivity contribution in [1.29, 1.82) is 0 Å². The molecule has 1 saturated heterocycles. The normalized spacial score (nSPS) is 23.7. The average molecular weight is 229 g/mol. The van der Waals surface area contributed by atoms with Gasteiger partial charge in [-0.25, -0.2) is 13.2 Å². The Bertz CT molecular complexity index is 392. The molecule has 1 unspecified atom stereocenters. The molecule has 0 aromatic heterocycles. The second-order valence-electron chi connectivity index (χ2n) is 4.79. The molecule has 16 heavy (non-hydrogen) atoms. The predicted octanol–water partition coefficient (Wildman–Crippen LogP) is 2.96. The lowest BCUT2D eigenvalue weighted by molar-refractivity contribution is 0.401. The third-order valence-corrected chi connectivity index (χ3v) is 3.29.